The molecule has 0 unspecified atom stereocenters. The molecule has 1 aromatic heterocycles. The van der Waals surface area contributed by atoms with Gasteiger partial charge < -0.3 is 14.4 Å². The Labute approximate surface area is 112 Å². The maximum Gasteiger partial charge on any atom is 0.257 e. The summed E-state index contributed by atoms with van der Waals surface area (Å²) in [6.45, 7) is 4.10. The van der Waals surface area contributed by atoms with Crippen LogP contribution in [-0.4, -0.2) is 23.0 Å². The lowest BCUT2D eigenvalue weighted by Crippen LogP contribution is -2.26. The molecule has 19 heavy (non-hydrogen) atoms. The molecule has 1 aromatic carbocycles. The van der Waals surface area contributed by atoms with Crippen molar-refractivity contribution in [1.29, 1.82) is 0 Å². The van der Waals surface area contributed by atoms with Crippen molar-refractivity contribution in [2.24, 2.45) is 0 Å². The van der Waals surface area contributed by atoms with E-state index in [1.54, 1.807) is 49.2 Å². The molecule has 0 spiro atoms. The summed E-state index contributed by atoms with van der Waals surface area (Å²) in [5, 5.41) is 9.22. The second-order valence-electron chi connectivity index (χ2n) is 4.65. The van der Waals surface area contributed by atoms with Crippen molar-refractivity contribution in [1.82, 2.24) is 4.90 Å². The van der Waals surface area contributed by atoms with Crippen LogP contribution in [0.2, 0.25) is 0 Å². The van der Waals surface area contributed by atoms with E-state index in [2.05, 4.69) is 0 Å². The van der Waals surface area contributed by atoms with E-state index in [-0.39, 0.29) is 11.7 Å². The van der Waals surface area contributed by atoms with Crippen LogP contribution in [-0.2, 0) is 6.54 Å². The molecule has 0 aliphatic heterocycles. The smallest absolute Gasteiger partial charge is 0.257 e. The average molecular weight is 259 g/mol. The highest BCUT2D eigenvalue weighted by Crippen LogP contribution is 2.17. The number of benzene rings is 1. The number of rotatable bonds is 3. The van der Waals surface area contributed by atoms with Gasteiger partial charge in [0.1, 0.15) is 17.3 Å². The number of aryl methyl sites for hydroxylation is 2. The lowest BCUT2D eigenvalue weighted by molar-refractivity contribution is 0.0783. The summed E-state index contributed by atoms with van der Waals surface area (Å²) in [6.07, 6.45) is 0. The van der Waals surface area contributed by atoms with Crippen LogP contribution in [0.5, 0.6) is 5.75 Å². The number of carbonyl (C=O) groups is 1. The van der Waals surface area contributed by atoms with E-state index >= 15 is 0 Å². The molecule has 0 radical (unpaired) electrons. The van der Waals surface area contributed by atoms with Gasteiger partial charge in [0.25, 0.3) is 5.91 Å². The van der Waals surface area contributed by atoms with E-state index in [9.17, 15) is 9.90 Å². The Morgan fingerprint density at radius 1 is 1.26 bits per heavy atom. The first kappa shape index (κ1) is 13.2. The molecule has 1 amide bonds. The number of hydrogen-bond acceptors (Lipinski definition) is 3. The number of carbonyl (C=O) groups excluding carboxylic acids is 1. The third-order valence-electron chi connectivity index (χ3n) is 2.97. The van der Waals surface area contributed by atoms with Gasteiger partial charge in [0.05, 0.1) is 5.56 Å². The number of phenolic OH excluding ortho intramolecular Hbond substituents is 1. The van der Waals surface area contributed by atoms with Crippen LogP contribution in [0.15, 0.2) is 34.7 Å². The number of phenols is 1. The molecule has 2 rings (SSSR count). The Kier molecular flexibility index (Phi) is 3.60. The Morgan fingerprint density at radius 2 is 1.89 bits per heavy atom. The lowest BCUT2D eigenvalue weighted by Gasteiger charge is -2.16. The maximum absolute atomic E-state index is 12.3. The summed E-state index contributed by atoms with van der Waals surface area (Å²) in [6, 6.07) is 8.58. The Balaban J connectivity index is 2.11. The van der Waals surface area contributed by atoms with Crippen LogP contribution in [0.25, 0.3) is 0 Å². The highest BCUT2D eigenvalue weighted by Gasteiger charge is 2.17. The zero-order chi connectivity index (χ0) is 14.0. The molecule has 1 N–H and O–H groups in total. The second kappa shape index (κ2) is 5.18. The predicted octanol–water partition coefficient (Wildman–Crippen LogP) is 2.87. The van der Waals surface area contributed by atoms with E-state index in [0.717, 1.165) is 11.3 Å². The van der Waals surface area contributed by atoms with Crippen LogP contribution >= 0.6 is 0 Å². The number of hydrogen-bond donors (Lipinski definition) is 1. The molecule has 100 valence electrons. The monoisotopic (exact) mass is 259 g/mol. The normalized spacial score (nSPS) is 10.5. The SMILES string of the molecule is Cc1cc(C(=O)N(C)Cc2ccc(O)cc2)c(C)o1. The van der Waals surface area contributed by atoms with Crippen LogP contribution in [0.3, 0.4) is 0 Å². The van der Waals surface area contributed by atoms with Gasteiger partial charge >= 0.3 is 0 Å². The second-order valence-corrected chi connectivity index (χ2v) is 4.65. The van der Waals surface area contributed by atoms with E-state index in [0.29, 0.717) is 17.9 Å². The Morgan fingerprint density at radius 3 is 2.42 bits per heavy atom. The van der Waals surface area contributed by atoms with Crippen LogP contribution in [0, 0.1) is 13.8 Å². The van der Waals surface area contributed by atoms with Crippen molar-refractivity contribution >= 4 is 5.91 Å². The van der Waals surface area contributed by atoms with Gasteiger partial charge in [-0.1, -0.05) is 12.1 Å². The van der Waals surface area contributed by atoms with Crippen molar-refractivity contribution in [3.05, 3.63) is 53.0 Å². The highest BCUT2D eigenvalue weighted by atomic mass is 16.3. The number of nitrogens with zero attached hydrogens (tertiary/aromatic N) is 1. The minimum Gasteiger partial charge on any atom is -0.508 e. The topological polar surface area (TPSA) is 53.7 Å². The summed E-state index contributed by atoms with van der Waals surface area (Å²) in [7, 11) is 1.75. The molecule has 2 aromatic rings. The van der Waals surface area contributed by atoms with Gasteiger partial charge in [0.15, 0.2) is 0 Å². The van der Waals surface area contributed by atoms with Gasteiger partial charge in [-0.05, 0) is 37.6 Å². The number of aromatic hydroxyl groups is 1. The van der Waals surface area contributed by atoms with Crippen LogP contribution in [0.4, 0.5) is 0 Å². The molecule has 0 aliphatic rings. The lowest BCUT2D eigenvalue weighted by atomic mass is 10.2. The molecule has 0 saturated carbocycles. The molecule has 1 heterocycles. The molecule has 0 fully saturated rings. The van der Waals surface area contributed by atoms with Crippen molar-refractivity contribution in [2.75, 3.05) is 7.05 Å². The highest BCUT2D eigenvalue weighted by molar-refractivity contribution is 5.95. The fourth-order valence-electron chi connectivity index (χ4n) is 2.00. The molecular formula is C15H17NO3. The summed E-state index contributed by atoms with van der Waals surface area (Å²) >= 11 is 0. The van der Waals surface area contributed by atoms with E-state index in [4.69, 9.17) is 4.42 Å². The largest absolute Gasteiger partial charge is 0.508 e. The van der Waals surface area contributed by atoms with E-state index in [1.807, 2.05) is 6.92 Å². The third-order valence-corrected chi connectivity index (χ3v) is 2.97. The minimum atomic E-state index is -0.0672. The molecule has 0 saturated heterocycles. The van der Waals surface area contributed by atoms with Crippen molar-refractivity contribution in [3.8, 4) is 5.75 Å². The number of furan rings is 1. The van der Waals surface area contributed by atoms with Gasteiger partial charge in [0, 0.05) is 13.6 Å². The fourth-order valence-corrected chi connectivity index (χ4v) is 2.00. The summed E-state index contributed by atoms with van der Waals surface area (Å²) in [4.78, 5) is 13.9. The van der Waals surface area contributed by atoms with E-state index in [1.165, 1.54) is 0 Å². The molecule has 0 aliphatic carbocycles. The van der Waals surface area contributed by atoms with Gasteiger partial charge in [-0.15, -0.1) is 0 Å². The third kappa shape index (κ3) is 2.96. The first-order valence-corrected chi connectivity index (χ1v) is 6.08. The van der Waals surface area contributed by atoms with Crippen molar-refractivity contribution < 1.29 is 14.3 Å². The first-order chi connectivity index (χ1) is 8.97. The van der Waals surface area contributed by atoms with Gasteiger partial charge in [-0.3, -0.25) is 4.79 Å². The standard InChI is InChI=1S/C15H17NO3/c1-10-8-14(11(2)19-10)15(18)16(3)9-12-4-6-13(17)7-5-12/h4-8,17H,9H2,1-3H3. The summed E-state index contributed by atoms with van der Waals surface area (Å²) in [5.41, 5.74) is 1.56. The van der Waals surface area contributed by atoms with Crippen molar-refractivity contribution in [3.63, 3.8) is 0 Å². The summed E-state index contributed by atoms with van der Waals surface area (Å²) in [5.74, 6) is 1.53. The van der Waals surface area contributed by atoms with E-state index < -0.39 is 0 Å². The molecule has 0 atom stereocenters. The quantitative estimate of drug-likeness (QED) is 0.922. The Bertz CT molecular complexity index is 584. The average Bonchev–Trinajstić information content (AvgIpc) is 2.70. The van der Waals surface area contributed by atoms with Crippen LogP contribution < -0.4 is 0 Å². The van der Waals surface area contributed by atoms with Gasteiger partial charge in [-0.25, -0.2) is 0 Å². The number of amides is 1. The predicted molar refractivity (Wildman–Crippen MR) is 72.1 cm³/mol. The molecule has 4 nitrogen and oxygen atoms in total. The molecular weight excluding hydrogens is 242 g/mol. The molecule has 0 bridgehead atoms. The fraction of sp³-hybridized carbons (Fsp3) is 0.267. The maximum atomic E-state index is 12.3. The Hall–Kier alpha value is -2.23. The van der Waals surface area contributed by atoms with Gasteiger partial charge in [0.2, 0.25) is 0 Å². The van der Waals surface area contributed by atoms with Crippen molar-refractivity contribution in [2.45, 2.75) is 20.4 Å². The zero-order valence-electron chi connectivity index (χ0n) is 11.3. The summed E-state index contributed by atoms with van der Waals surface area (Å²) < 4.78 is 5.37. The van der Waals surface area contributed by atoms with Gasteiger partial charge in [-0.2, -0.15) is 0 Å². The first-order valence-electron chi connectivity index (χ1n) is 6.08. The zero-order valence-corrected chi connectivity index (χ0v) is 11.3. The minimum absolute atomic E-state index is 0.0672. The van der Waals surface area contributed by atoms with Crippen LogP contribution in [0.1, 0.15) is 27.4 Å². The molecule has 4 heteroatoms.